The van der Waals surface area contributed by atoms with Crippen LogP contribution in [0, 0.1) is 6.92 Å². The molecule has 3 aromatic rings. The summed E-state index contributed by atoms with van der Waals surface area (Å²) in [5.41, 5.74) is 2.15. The Morgan fingerprint density at radius 3 is 2.56 bits per heavy atom. The smallest absolute Gasteiger partial charge is 0.214 e. The number of aryl methyl sites for hydroxylation is 1. The highest BCUT2D eigenvalue weighted by Crippen LogP contribution is 2.28. The lowest BCUT2D eigenvalue weighted by atomic mass is 9.93. The van der Waals surface area contributed by atoms with Crippen molar-refractivity contribution in [2.45, 2.75) is 39.7 Å². The molecule has 0 aliphatic carbocycles. The third-order valence-corrected chi connectivity index (χ3v) is 5.49. The summed E-state index contributed by atoms with van der Waals surface area (Å²) in [4.78, 5) is 10.5. The van der Waals surface area contributed by atoms with Crippen molar-refractivity contribution >= 4 is 21.4 Å². The average molecular weight is 360 g/mol. The topological polar surface area (TPSA) is 62.7 Å². The second-order valence-corrected chi connectivity index (χ2v) is 8.61. The van der Waals surface area contributed by atoms with Crippen LogP contribution < -0.4 is 4.90 Å². The van der Waals surface area contributed by atoms with Crippen molar-refractivity contribution in [2.75, 3.05) is 31.1 Å². The Labute approximate surface area is 151 Å². The van der Waals surface area contributed by atoms with E-state index >= 15 is 0 Å². The van der Waals surface area contributed by atoms with Crippen LogP contribution in [0.25, 0.3) is 4.96 Å². The molecule has 7 nitrogen and oxygen atoms in total. The maximum absolute atomic E-state index is 5.15. The molecule has 4 heterocycles. The number of hydrogen-bond donors (Lipinski definition) is 0. The number of rotatable bonds is 3. The van der Waals surface area contributed by atoms with Crippen LogP contribution in [0.15, 0.2) is 16.8 Å². The summed E-state index contributed by atoms with van der Waals surface area (Å²) in [6.45, 7) is 13.3. The second kappa shape index (κ2) is 6.10. The van der Waals surface area contributed by atoms with Gasteiger partial charge in [-0.05, 0) is 6.92 Å². The van der Waals surface area contributed by atoms with Gasteiger partial charge >= 0.3 is 0 Å². The highest BCUT2D eigenvalue weighted by molar-refractivity contribution is 7.20. The van der Waals surface area contributed by atoms with Gasteiger partial charge in [0.25, 0.3) is 0 Å². The maximum atomic E-state index is 5.15. The number of anilines is 1. The Hall–Kier alpha value is -1.93. The van der Waals surface area contributed by atoms with Gasteiger partial charge in [-0.1, -0.05) is 37.3 Å². The number of hydrogen-bond acceptors (Lipinski definition) is 7. The molecule has 0 unspecified atom stereocenters. The average Bonchev–Trinajstić information content (AvgIpc) is 3.22. The highest BCUT2D eigenvalue weighted by atomic mass is 32.1. The summed E-state index contributed by atoms with van der Waals surface area (Å²) in [6.07, 6.45) is 2.05. The van der Waals surface area contributed by atoms with Gasteiger partial charge in [-0.15, -0.1) is 5.10 Å². The zero-order valence-electron chi connectivity index (χ0n) is 15.2. The van der Waals surface area contributed by atoms with E-state index in [4.69, 9.17) is 14.6 Å². The van der Waals surface area contributed by atoms with Crippen molar-refractivity contribution in [2.24, 2.45) is 0 Å². The number of nitrogens with zero attached hydrogens (tertiary/aromatic N) is 6. The van der Waals surface area contributed by atoms with E-state index in [1.165, 1.54) is 0 Å². The fourth-order valence-corrected chi connectivity index (χ4v) is 3.93. The number of fused-ring (bicyclic) bond motifs is 1. The molecule has 1 aliphatic heterocycles. The van der Waals surface area contributed by atoms with Gasteiger partial charge in [-0.25, -0.2) is 9.50 Å². The van der Waals surface area contributed by atoms with E-state index in [0.29, 0.717) is 0 Å². The summed E-state index contributed by atoms with van der Waals surface area (Å²) in [7, 11) is 0. The second-order valence-electron chi connectivity index (χ2n) is 7.68. The largest absolute Gasteiger partial charge is 0.361 e. The third-order valence-electron chi connectivity index (χ3n) is 4.51. The van der Waals surface area contributed by atoms with Crippen molar-refractivity contribution in [3.63, 3.8) is 0 Å². The van der Waals surface area contributed by atoms with Gasteiger partial charge in [-0.2, -0.15) is 0 Å². The van der Waals surface area contributed by atoms with Gasteiger partial charge in [0.05, 0.1) is 17.6 Å². The molecule has 0 radical (unpaired) electrons. The van der Waals surface area contributed by atoms with E-state index in [2.05, 4.69) is 41.9 Å². The molecular formula is C17H24N6OS. The predicted molar refractivity (Wildman–Crippen MR) is 98.3 cm³/mol. The van der Waals surface area contributed by atoms with Crippen LogP contribution in [-0.4, -0.2) is 50.8 Å². The molecule has 4 rings (SSSR count). The van der Waals surface area contributed by atoms with Crippen molar-refractivity contribution < 1.29 is 4.52 Å². The minimum atomic E-state index is 0.0542. The number of imidazole rings is 1. The Balaban J connectivity index is 1.40. The van der Waals surface area contributed by atoms with Crippen LogP contribution in [-0.2, 0) is 12.0 Å². The molecule has 1 fully saturated rings. The molecule has 0 amide bonds. The van der Waals surface area contributed by atoms with Gasteiger partial charge in [0, 0.05) is 44.2 Å². The molecule has 0 spiro atoms. The molecule has 1 aliphatic rings. The van der Waals surface area contributed by atoms with Gasteiger partial charge in [-0.3, -0.25) is 4.90 Å². The van der Waals surface area contributed by atoms with Crippen LogP contribution in [0.2, 0.25) is 0 Å². The fraction of sp³-hybridized carbons (Fsp3) is 0.588. The van der Waals surface area contributed by atoms with Crippen LogP contribution in [0.3, 0.4) is 0 Å². The fourth-order valence-electron chi connectivity index (χ4n) is 3.00. The van der Waals surface area contributed by atoms with Crippen LogP contribution in [0.4, 0.5) is 5.13 Å². The zero-order chi connectivity index (χ0) is 17.6. The monoisotopic (exact) mass is 360 g/mol. The van der Waals surface area contributed by atoms with Crippen LogP contribution >= 0.6 is 11.3 Å². The Bertz CT molecular complexity index is 834. The maximum Gasteiger partial charge on any atom is 0.214 e. The first-order valence-electron chi connectivity index (χ1n) is 8.65. The summed E-state index contributed by atoms with van der Waals surface area (Å²) >= 11 is 1.67. The Kier molecular flexibility index (Phi) is 4.04. The predicted octanol–water partition coefficient (Wildman–Crippen LogP) is 2.71. The summed E-state index contributed by atoms with van der Waals surface area (Å²) in [6, 6.07) is 2.01. The van der Waals surface area contributed by atoms with Crippen molar-refractivity contribution in [3.8, 4) is 0 Å². The van der Waals surface area contributed by atoms with E-state index < -0.39 is 0 Å². The molecule has 1 saturated heterocycles. The Morgan fingerprint density at radius 1 is 1.20 bits per heavy atom. The van der Waals surface area contributed by atoms with Crippen molar-refractivity contribution in [1.82, 2.24) is 24.7 Å². The summed E-state index contributed by atoms with van der Waals surface area (Å²) in [5.74, 6) is 0.870. The molecule has 0 atom stereocenters. The quantitative estimate of drug-likeness (QED) is 0.716. The minimum absolute atomic E-state index is 0.0542. The molecule has 25 heavy (non-hydrogen) atoms. The zero-order valence-corrected chi connectivity index (χ0v) is 16.0. The SMILES string of the molecule is Cc1cc(CN2CCN(c3nn4cc(C(C)(C)C)nc4s3)CC2)no1. The molecule has 0 saturated carbocycles. The van der Waals surface area contributed by atoms with E-state index in [9.17, 15) is 0 Å². The van der Waals surface area contributed by atoms with E-state index in [1.807, 2.05) is 17.5 Å². The summed E-state index contributed by atoms with van der Waals surface area (Å²) < 4.78 is 7.07. The lowest BCUT2D eigenvalue weighted by Crippen LogP contribution is -2.46. The van der Waals surface area contributed by atoms with Gasteiger partial charge in [0.2, 0.25) is 10.1 Å². The third kappa shape index (κ3) is 3.41. The minimum Gasteiger partial charge on any atom is -0.361 e. The van der Waals surface area contributed by atoms with E-state index in [1.54, 1.807) is 11.3 Å². The van der Waals surface area contributed by atoms with Crippen molar-refractivity contribution in [3.05, 3.63) is 29.4 Å². The first-order valence-corrected chi connectivity index (χ1v) is 9.46. The lowest BCUT2D eigenvalue weighted by molar-refractivity contribution is 0.241. The number of aromatic nitrogens is 4. The van der Waals surface area contributed by atoms with Gasteiger partial charge < -0.3 is 9.42 Å². The highest BCUT2D eigenvalue weighted by Gasteiger charge is 2.23. The molecule has 0 N–H and O–H groups in total. The summed E-state index contributed by atoms with van der Waals surface area (Å²) in [5, 5.41) is 9.88. The van der Waals surface area contributed by atoms with Crippen LogP contribution in [0.1, 0.15) is 37.9 Å². The van der Waals surface area contributed by atoms with E-state index in [-0.39, 0.29) is 5.41 Å². The molecular weight excluding hydrogens is 336 g/mol. The van der Waals surface area contributed by atoms with Gasteiger partial charge in [0.15, 0.2) is 0 Å². The standard InChI is InChI=1S/C17H24N6OS/c1-12-9-13(20-24-12)10-21-5-7-22(8-6-21)16-19-23-11-14(17(2,3)4)18-15(23)25-16/h9,11H,5-8,10H2,1-4H3. The van der Waals surface area contributed by atoms with Crippen molar-refractivity contribution in [1.29, 1.82) is 0 Å². The normalized spacial score (nSPS) is 16.9. The van der Waals surface area contributed by atoms with Gasteiger partial charge in [0.1, 0.15) is 5.76 Å². The first-order chi connectivity index (χ1) is 11.9. The number of piperazine rings is 1. The lowest BCUT2D eigenvalue weighted by Gasteiger charge is -2.33. The molecule has 134 valence electrons. The molecule has 0 aromatic carbocycles. The molecule has 3 aromatic heterocycles. The Morgan fingerprint density at radius 2 is 1.96 bits per heavy atom. The molecule has 8 heteroatoms. The van der Waals surface area contributed by atoms with E-state index in [0.717, 1.165) is 60.0 Å². The van der Waals surface area contributed by atoms with Crippen LogP contribution in [0.5, 0.6) is 0 Å². The first kappa shape index (κ1) is 16.5. The molecule has 0 bridgehead atoms.